The molecule has 0 aliphatic rings. The van der Waals surface area contributed by atoms with Crippen LogP contribution in [0.4, 0.5) is 0 Å². The Hall–Kier alpha value is -1.60. The summed E-state index contributed by atoms with van der Waals surface area (Å²) < 4.78 is 22.4. The van der Waals surface area contributed by atoms with Gasteiger partial charge < -0.3 is 10.6 Å². The van der Waals surface area contributed by atoms with Crippen molar-refractivity contribution in [2.24, 2.45) is 0 Å². The third-order valence-corrected chi connectivity index (χ3v) is 4.67. The van der Waals surface area contributed by atoms with Gasteiger partial charge in [0, 0.05) is 19.3 Å². The molecule has 0 aliphatic carbocycles. The number of hydrogen-bond donors (Lipinski definition) is 2. The lowest BCUT2D eigenvalue weighted by Gasteiger charge is -2.11. The van der Waals surface area contributed by atoms with Crippen molar-refractivity contribution in [3.63, 3.8) is 0 Å². The van der Waals surface area contributed by atoms with Crippen LogP contribution in [0, 0.1) is 0 Å². The molecule has 0 bridgehead atoms. The average molecular weight is 333 g/mol. The zero-order chi connectivity index (χ0) is 16.0. The van der Waals surface area contributed by atoms with Crippen molar-refractivity contribution in [3.8, 4) is 0 Å². The summed E-state index contributed by atoms with van der Waals surface area (Å²) in [5, 5.41) is 4.25. The molecular weight excluding hydrogens is 316 g/mol. The van der Waals surface area contributed by atoms with E-state index in [0.29, 0.717) is 10.6 Å². The fraction of sp³-hybridized carbons (Fsp3) is 0.385. The summed E-state index contributed by atoms with van der Waals surface area (Å²) in [4.78, 5) is 23.3. The van der Waals surface area contributed by atoms with Crippen LogP contribution in [0.2, 0.25) is 5.02 Å². The number of benzene rings is 1. The minimum Gasteiger partial charge on any atom is -0.353 e. The molecule has 6 nitrogen and oxygen atoms in total. The fourth-order valence-corrected chi connectivity index (χ4v) is 2.13. The Morgan fingerprint density at radius 2 is 1.76 bits per heavy atom. The zero-order valence-corrected chi connectivity index (χ0v) is 13.3. The highest BCUT2D eigenvalue weighted by molar-refractivity contribution is 7.92. The van der Waals surface area contributed by atoms with E-state index in [2.05, 4.69) is 10.6 Å². The molecule has 0 radical (unpaired) electrons. The van der Waals surface area contributed by atoms with Crippen molar-refractivity contribution in [2.75, 3.05) is 19.3 Å². The van der Waals surface area contributed by atoms with Gasteiger partial charge in [0.2, 0.25) is 5.91 Å². The van der Waals surface area contributed by atoms with Gasteiger partial charge in [-0.3, -0.25) is 9.59 Å². The zero-order valence-electron chi connectivity index (χ0n) is 11.7. The number of halogens is 1. The van der Waals surface area contributed by atoms with Gasteiger partial charge in [-0.05, 0) is 19.1 Å². The summed E-state index contributed by atoms with van der Waals surface area (Å²) in [6.45, 7) is 1.62. The smallest absolute Gasteiger partial charge is 0.252 e. The van der Waals surface area contributed by atoms with Gasteiger partial charge in [0.1, 0.15) is 5.25 Å². The maximum atomic E-state index is 11.8. The van der Waals surface area contributed by atoms with Crippen molar-refractivity contribution >= 4 is 33.3 Å². The number of nitrogens with one attached hydrogen (secondary N) is 2. The van der Waals surface area contributed by atoms with Gasteiger partial charge >= 0.3 is 0 Å². The van der Waals surface area contributed by atoms with E-state index in [9.17, 15) is 18.0 Å². The maximum absolute atomic E-state index is 11.8. The number of hydrogen-bond acceptors (Lipinski definition) is 4. The first-order valence-electron chi connectivity index (χ1n) is 6.22. The van der Waals surface area contributed by atoms with Crippen LogP contribution in [0.25, 0.3) is 0 Å². The molecule has 2 N–H and O–H groups in total. The molecule has 1 aromatic rings. The molecule has 1 aromatic carbocycles. The number of sulfone groups is 1. The molecule has 0 heterocycles. The van der Waals surface area contributed by atoms with Crippen LogP contribution in [0.15, 0.2) is 24.3 Å². The first-order chi connectivity index (χ1) is 9.73. The number of amides is 2. The molecule has 0 spiro atoms. The third kappa shape index (κ3) is 5.35. The van der Waals surface area contributed by atoms with Gasteiger partial charge in [0.25, 0.3) is 5.91 Å². The van der Waals surface area contributed by atoms with Crippen molar-refractivity contribution in [3.05, 3.63) is 34.9 Å². The van der Waals surface area contributed by atoms with E-state index < -0.39 is 21.0 Å². The molecule has 1 atom stereocenters. The van der Waals surface area contributed by atoms with Gasteiger partial charge in [0.05, 0.1) is 10.6 Å². The van der Waals surface area contributed by atoms with Crippen LogP contribution < -0.4 is 10.6 Å². The Bertz CT molecular complexity index is 631. The Kier molecular flexibility index (Phi) is 6.17. The summed E-state index contributed by atoms with van der Waals surface area (Å²) in [7, 11) is -3.42. The topological polar surface area (TPSA) is 92.3 Å². The summed E-state index contributed by atoms with van der Waals surface area (Å²) in [5.74, 6) is -0.949. The number of rotatable bonds is 6. The molecule has 116 valence electrons. The Labute approximate surface area is 128 Å². The van der Waals surface area contributed by atoms with Gasteiger partial charge in [-0.1, -0.05) is 23.7 Å². The van der Waals surface area contributed by atoms with Crippen LogP contribution in [-0.4, -0.2) is 44.8 Å². The lowest BCUT2D eigenvalue weighted by Crippen LogP contribution is -2.41. The molecule has 1 rings (SSSR count). The van der Waals surface area contributed by atoms with Gasteiger partial charge in [-0.2, -0.15) is 0 Å². The van der Waals surface area contributed by atoms with Crippen LogP contribution in [-0.2, 0) is 14.6 Å². The molecule has 1 unspecified atom stereocenters. The fourth-order valence-electron chi connectivity index (χ4n) is 1.44. The highest BCUT2D eigenvalue weighted by atomic mass is 35.5. The van der Waals surface area contributed by atoms with Crippen molar-refractivity contribution < 1.29 is 18.0 Å². The molecule has 0 aliphatic heterocycles. The molecule has 8 heteroatoms. The van der Waals surface area contributed by atoms with Crippen molar-refractivity contribution in [2.45, 2.75) is 12.2 Å². The van der Waals surface area contributed by atoms with Crippen LogP contribution in [0.1, 0.15) is 17.3 Å². The Morgan fingerprint density at radius 3 is 2.33 bits per heavy atom. The van der Waals surface area contributed by atoms with Crippen molar-refractivity contribution in [1.82, 2.24) is 10.6 Å². The quantitative estimate of drug-likeness (QED) is 0.747. The van der Waals surface area contributed by atoms with Crippen molar-refractivity contribution in [1.29, 1.82) is 0 Å². The lowest BCUT2D eigenvalue weighted by atomic mass is 10.2. The minimum absolute atomic E-state index is 0.134. The standard InChI is InChI=1S/C13H17ClN2O4S/c1-9(21(2,19)20)12(17)15-7-8-16-13(18)10-5-3-4-6-11(10)14/h3-6,9H,7-8H2,1-2H3,(H,15,17)(H,16,18). The van der Waals surface area contributed by atoms with E-state index in [-0.39, 0.29) is 19.0 Å². The van der Waals surface area contributed by atoms with Crippen LogP contribution >= 0.6 is 11.6 Å². The second-order valence-corrected chi connectivity index (χ2v) is 7.27. The molecule has 0 fully saturated rings. The monoisotopic (exact) mass is 332 g/mol. The first kappa shape index (κ1) is 17.5. The van der Waals surface area contributed by atoms with Gasteiger partial charge in [0.15, 0.2) is 9.84 Å². The second kappa shape index (κ2) is 7.42. The van der Waals surface area contributed by atoms with Gasteiger partial charge in [-0.25, -0.2) is 8.42 Å². The maximum Gasteiger partial charge on any atom is 0.252 e. The SMILES string of the molecule is CC(C(=O)NCCNC(=O)c1ccccc1Cl)S(C)(=O)=O. The predicted molar refractivity (Wildman–Crippen MR) is 81.1 cm³/mol. The highest BCUT2D eigenvalue weighted by Crippen LogP contribution is 2.14. The highest BCUT2D eigenvalue weighted by Gasteiger charge is 2.22. The van der Waals surface area contributed by atoms with E-state index in [0.717, 1.165) is 6.26 Å². The first-order valence-corrected chi connectivity index (χ1v) is 8.56. The lowest BCUT2D eigenvalue weighted by molar-refractivity contribution is -0.120. The normalized spacial score (nSPS) is 12.5. The summed E-state index contributed by atoms with van der Waals surface area (Å²) in [6, 6.07) is 6.59. The average Bonchev–Trinajstić information content (AvgIpc) is 2.41. The molecule has 0 aromatic heterocycles. The number of carbonyl (C=O) groups excluding carboxylic acids is 2. The Balaban J connectivity index is 2.40. The molecule has 0 saturated carbocycles. The summed E-state index contributed by atoms with van der Waals surface area (Å²) in [5.41, 5.74) is 0.343. The van der Waals surface area contributed by atoms with Crippen LogP contribution in [0.5, 0.6) is 0 Å². The molecular formula is C13H17ClN2O4S. The van der Waals surface area contributed by atoms with E-state index in [1.165, 1.54) is 6.92 Å². The summed E-state index contributed by atoms with van der Waals surface area (Å²) >= 11 is 5.88. The predicted octanol–water partition coefficient (Wildman–Crippen LogP) is 0.619. The Morgan fingerprint density at radius 1 is 1.19 bits per heavy atom. The largest absolute Gasteiger partial charge is 0.353 e. The van der Waals surface area contributed by atoms with E-state index in [4.69, 9.17) is 11.6 Å². The number of carbonyl (C=O) groups is 2. The van der Waals surface area contributed by atoms with Gasteiger partial charge in [-0.15, -0.1) is 0 Å². The molecule has 21 heavy (non-hydrogen) atoms. The van der Waals surface area contributed by atoms with E-state index in [1.807, 2.05) is 0 Å². The van der Waals surface area contributed by atoms with E-state index in [1.54, 1.807) is 24.3 Å². The third-order valence-electron chi connectivity index (χ3n) is 2.84. The van der Waals surface area contributed by atoms with E-state index >= 15 is 0 Å². The molecule has 2 amide bonds. The second-order valence-electron chi connectivity index (χ2n) is 4.50. The molecule has 0 saturated heterocycles. The van der Waals surface area contributed by atoms with Crippen LogP contribution in [0.3, 0.4) is 0 Å². The minimum atomic E-state index is -3.42. The summed E-state index contributed by atoms with van der Waals surface area (Å²) in [6.07, 6.45) is 0.996.